The second-order valence-corrected chi connectivity index (χ2v) is 4.73. The first-order valence-electron chi connectivity index (χ1n) is 6.08. The highest BCUT2D eigenvalue weighted by atomic mass is 35.5. The van der Waals surface area contributed by atoms with E-state index >= 15 is 0 Å². The summed E-state index contributed by atoms with van der Waals surface area (Å²) in [6.45, 7) is 1.91. The molecule has 2 atom stereocenters. The summed E-state index contributed by atoms with van der Waals surface area (Å²) in [4.78, 5) is 16.1. The molecule has 2 rings (SSSR count). The number of aromatic nitrogens is 1. The molecule has 0 aliphatic rings. The minimum absolute atomic E-state index is 0.119. The molecule has 1 aromatic heterocycles. The summed E-state index contributed by atoms with van der Waals surface area (Å²) in [5, 5.41) is 2.20. The lowest BCUT2D eigenvalue weighted by molar-refractivity contribution is -0.121. The molecule has 19 heavy (non-hydrogen) atoms. The maximum absolute atomic E-state index is 12.1. The first kappa shape index (κ1) is 13.6. The summed E-state index contributed by atoms with van der Waals surface area (Å²) in [5.74, 6) is -0.204. The van der Waals surface area contributed by atoms with Gasteiger partial charge in [-0.15, -0.1) is 11.6 Å². The number of carbonyl (C=O) groups excluding carboxylic acids is 1. The van der Waals surface area contributed by atoms with E-state index in [0.717, 1.165) is 11.1 Å². The van der Waals surface area contributed by atoms with Crippen LogP contribution >= 0.6 is 11.6 Å². The molecule has 0 bridgehead atoms. The van der Waals surface area contributed by atoms with Crippen LogP contribution in [0.1, 0.15) is 29.5 Å². The highest BCUT2D eigenvalue weighted by Gasteiger charge is 2.19. The van der Waals surface area contributed by atoms with Gasteiger partial charge in [0.05, 0.1) is 6.04 Å². The predicted molar refractivity (Wildman–Crippen MR) is 75.8 cm³/mol. The fraction of sp³-hybridized carbons (Fsp3) is 0.200. The summed E-state index contributed by atoms with van der Waals surface area (Å²) >= 11 is 6.16. The molecule has 3 nitrogen and oxygen atoms in total. The van der Waals surface area contributed by atoms with Gasteiger partial charge in [-0.3, -0.25) is 9.78 Å². The second kappa shape index (κ2) is 6.34. The third-order valence-electron chi connectivity index (χ3n) is 2.87. The van der Waals surface area contributed by atoms with Crippen LogP contribution < -0.4 is 5.32 Å². The van der Waals surface area contributed by atoms with Gasteiger partial charge in [0.25, 0.3) is 0 Å². The third-order valence-corrected chi connectivity index (χ3v) is 3.32. The Balaban J connectivity index is 2.02. The molecule has 2 unspecified atom stereocenters. The van der Waals surface area contributed by atoms with Crippen LogP contribution in [0.4, 0.5) is 0 Å². The topological polar surface area (TPSA) is 42.0 Å². The zero-order chi connectivity index (χ0) is 13.7. The molecule has 1 aromatic carbocycles. The first-order valence-corrected chi connectivity index (χ1v) is 6.51. The molecule has 1 amide bonds. The number of amides is 1. The van der Waals surface area contributed by atoms with Crippen molar-refractivity contribution in [3.8, 4) is 0 Å². The number of nitrogens with one attached hydrogen (secondary N) is 1. The molecule has 0 saturated heterocycles. The van der Waals surface area contributed by atoms with Gasteiger partial charge in [0.1, 0.15) is 5.38 Å². The second-order valence-electron chi connectivity index (χ2n) is 4.29. The minimum Gasteiger partial charge on any atom is -0.348 e. The molecule has 1 heterocycles. The van der Waals surface area contributed by atoms with Crippen molar-refractivity contribution in [1.82, 2.24) is 10.3 Å². The number of halogens is 1. The van der Waals surface area contributed by atoms with Crippen LogP contribution in [0.5, 0.6) is 0 Å². The van der Waals surface area contributed by atoms with Crippen LogP contribution in [0, 0.1) is 0 Å². The molecule has 0 saturated carbocycles. The van der Waals surface area contributed by atoms with Crippen LogP contribution in [0.25, 0.3) is 0 Å². The molecule has 2 aromatic rings. The molecular weight excluding hydrogens is 260 g/mol. The van der Waals surface area contributed by atoms with Crippen molar-refractivity contribution in [3.05, 3.63) is 66.0 Å². The van der Waals surface area contributed by atoms with Crippen LogP contribution in [0.15, 0.2) is 54.9 Å². The van der Waals surface area contributed by atoms with Crippen LogP contribution in [0.2, 0.25) is 0 Å². The smallest absolute Gasteiger partial charge is 0.243 e. The van der Waals surface area contributed by atoms with Crippen molar-refractivity contribution in [2.24, 2.45) is 0 Å². The molecular formula is C15H15ClN2O. The van der Waals surface area contributed by atoms with Gasteiger partial charge < -0.3 is 5.32 Å². The summed E-state index contributed by atoms with van der Waals surface area (Å²) in [6.07, 6.45) is 3.43. The van der Waals surface area contributed by atoms with Gasteiger partial charge in [0.15, 0.2) is 0 Å². The number of carbonyl (C=O) groups is 1. The lowest BCUT2D eigenvalue weighted by Gasteiger charge is -2.16. The van der Waals surface area contributed by atoms with E-state index in [4.69, 9.17) is 11.6 Å². The molecule has 0 aliphatic heterocycles. The Kier molecular flexibility index (Phi) is 4.53. The number of rotatable bonds is 4. The van der Waals surface area contributed by atoms with Crippen molar-refractivity contribution < 1.29 is 4.79 Å². The number of benzene rings is 1. The standard InChI is InChI=1S/C15H15ClN2O/c1-11(13-8-5-9-17-10-13)18-15(19)14(16)12-6-3-2-4-7-12/h2-11,14H,1H3,(H,18,19). The Morgan fingerprint density at radius 2 is 1.84 bits per heavy atom. The molecule has 0 spiro atoms. The molecule has 0 aliphatic carbocycles. The highest BCUT2D eigenvalue weighted by Crippen LogP contribution is 2.21. The van der Waals surface area contributed by atoms with Gasteiger partial charge in [-0.25, -0.2) is 0 Å². The monoisotopic (exact) mass is 274 g/mol. The van der Waals surface area contributed by atoms with Gasteiger partial charge in [0, 0.05) is 12.4 Å². The Morgan fingerprint density at radius 3 is 2.47 bits per heavy atom. The minimum atomic E-state index is -0.680. The molecule has 1 N–H and O–H groups in total. The van der Waals surface area contributed by atoms with Crippen LogP contribution in [-0.4, -0.2) is 10.9 Å². The Morgan fingerprint density at radius 1 is 1.16 bits per heavy atom. The van der Waals surface area contributed by atoms with Crippen molar-refractivity contribution >= 4 is 17.5 Å². The van der Waals surface area contributed by atoms with E-state index in [1.807, 2.05) is 49.4 Å². The maximum Gasteiger partial charge on any atom is 0.243 e. The zero-order valence-corrected chi connectivity index (χ0v) is 11.3. The van der Waals surface area contributed by atoms with Crippen LogP contribution in [-0.2, 0) is 4.79 Å². The molecule has 4 heteroatoms. The maximum atomic E-state index is 12.1. The third kappa shape index (κ3) is 3.55. The molecule has 0 fully saturated rings. The Labute approximate surface area is 117 Å². The zero-order valence-electron chi connectivity index (χ0n) is 10.6. The van der Waals surface area contributed by atoms with Gasteiger partial charge in [-0.1, -0.05) is 36.4 Å². The van der Waals surface area contributed by atoms with Gasteiger partial charge in [-0.2, -0.15) is 0 Å². The van der Waals surface area contributed by atoms with Crippen LogP contribution in [0.3, 0.4) is 0 Å². The average molecular weight is 275 g/mol. The number of hydrogen-bond donors (Lipinski definition) is 1. The van der Waals surface area contributed by atoms with Crippen molar-refractivity contribution in [2.75, 3.05) is 0 Å². The molecule has 98 valence electrons. The number of pyridine rings is 1. The van der Waals surface area contributed by atoms with E-state index in [9.17, 15) is 4.79 Å². The summed E-state index contributed by atoms with van der Waals surface area (Å²) in [7, 11) is 0. The van der Waals surface area contributed by atoms with E-state index in [0.29, 0.717) is 0 Å². The largest absolute Gasteiger partial charge is 0.348 e. The number of alkyl halides is 1. The Bertz CT molecular complexity index is 530. The van der Waals surface area contributed by atoms with E-state index in [2.05, 4.69) is 10.3 Å². The average Bonchev–Trinajstić information content (AvgIpc) is 2.48. The van der Waals surface area contributed by atoms with Crippen molar-refractivity contribution in [2.45, 2.75) is 18.3 Å². The van der Waals surface area contributed by atoms with E-state index in [1.54, 1.807) is 12.4 Å². The van der Waals surface area contributed by atoms with Crippen molar-refractivity contribution in [3.63, 3.8) is 0 Å². The van der Waals surface area contributed by atoms with Gasteiger partial charge in [-0.05, 0) is 24.1 Å². The van der Waals surface area contributed by atoms with E-state index in [-0.39, 0.29) is 11.9 Å². The predicted octanol–water partition coefficient (Wildman–Crippen LogP) is 3.24. The van der Waals surface area contributed by atoms with E-state index < -0.39 is 5.38 Å². The number of hydrogen-bond acceptors (Lipinski definition) is 2. The highest BCUT2D eigenvalue weighted by molar-refractivity contribution is 6.30. The van der Waals surface area contributed by atoms with Gasteiger partial charge in [0.2, 0.25) is 5.91 Å². The summed E-state index contributed by atoms with van der Waals surface area (Å²) < 4.78 is 0. The SMILES string of the molecule is CC(NC(=O)C(Cl)c1ccccc1)c1cccnc1. The van der Waals surface area contributed by atoms with E-state index in [1.165, 1.54) is 0 Å². The quantitative estimate of drug-likeness (QED) is 0.870. The van der Waals surface area contributed by atoms with Crippen molar-refractivity contribution in [1.29, 1.82) is 0 Å². The van der Waals surface area contributed by atoms with Gasteiger partial charge >= 0.3 is 0 Å². The fourth-order valence-corrected chi connectivity index (χ4v) is 1.98. The summed E-state index contributed by atoms with van der Waals surface area (Å²) in [5.41, 5.74) is 1.74. The first-order chi connectivity index (χ1) is 9.18. The number of nitrogens with zero attached hydrogens (tertiary/aromatic N) is 1. The lowest BCUT2D eigenvalue weighted by Crippen LogP contribution is -2.29. The molecule has 0 radical (unpaired) electrons. The fourth-order valence-electron chi connectivity index (χ4n) is 1.78. The normalized spacial score (nSPS) is 13.6. The lowest BCUT2D eigenvalue weighted by atomic mass is 10.1. The Hall–Kier alpha value is -1.87. The summed E-state index contributed by atoms with van der Waals surface area (Å²) in [6, 6.07) is 12.9.